The molecule has 148 valence electrons. The van der Waals surface area contributed by atoms with Crippen LogP contribution in [0.2, 0.25) is 0 Å². The normalized spacial score (nSPS) is 11.2. The summed E-state index contributed by atoms with van der Waals surface area (Å²) in [7, 11) is 1.65. The van der Waals surface area contributed by atoms with Gasteiger partial charge in [-0.3, -0.25) is 0 Å². The molecule has 3 aromatic rings. The van der Waals surface area contributed by atoms with Crippen molar-refractivity contribution in [3.05, 3.63) is 72.1 Å². The van der Waals surface area contributed by atoms with E-state index in [-0.39, 0.29) is 24.0 Å². The summed E-state index contributed by atoms with van der Waals surface area (Å²) >= 11 is 0. The van der Waals surface area contributed by atoms with Crippen LogP contribution in [0.5, 0.6) is 5.75 Å². The Morgan fingerprint density at radius 1 is 1.18 bits per heavy atom. The summed E-state index contributed by atoms with van der Waals surface area (Å²) in [5.74, 6) is 1.65. The minimum absolute atomic E-state index is 0. The summed E-state index contributed by atoms with van der Waals surface area (Å²) in [5.41, 5.74) is 10.0. The molecule has 0 saturated carbocycles. The van der Waals surface area contributed by atoms with Gasteiger partial charge in [-0.15, -0.1) is 24.0 Å². The first-order valence-corrected chi connectivity index (χ1v) is 8.91. The largest absolute Gasteiger partial charge is 0.497 e. The van der Waals surface area contributed by atoms with Crippen LogP contribution in [0.4, 0.5) is 5.69 Å². The van der Waals surface area contributed by atoms with Gasteiger partial charge in [0.05, 0.1) is 25.0 Å². The highest BCUT2D eigenvalue weighted by atomic mass is 127. The second-order valence-electron chi connectivity index (χ2n) is 6.56. The van der Waals surface area contributed by atoms with Gasteiger partial charge in [0.1, 0.15) is 5.75 Å². The number of nitrogens with two attached hydrogens (primary N) is 1. The molecule has 0 amide bonds. The Labute approximate surface area is 182 Å². The highest BCUT2D eigenvalue weighted by Gasteiger charge is 2.03. The maximum atomic E-state index is 6.02. The fourth-order valence-electron chi connectivity index (χ4n) is 2.65. The van der Waals surface area contributed by atoms with Crippen molar-refractivity contribution < 1.29 is 4.74 Å². The molecule has 0 spiro atoms. The van der Waals surface area contributed by atoms with E-state index >= 15 is 0 Å². The van der Waals surface area contributed by atoms with Crippen molar-refractivity contribution in [3.8, 4) is 11.4 Å². The molecule has 0 unspecified atom stereocenters. The van der Waals surface area contributed by atoms with Gasteiger partial charge in [-0.1, -0.05) is 26.0 Å². The second-order valence-corrected chi connectivity index (χ2v) is 6.56. The monoisotopic (exact) mass is 491 g/mol. The molecule has 0 saturated heterocycles. The summed E-state index contributed by atoms with van der Waals surface area (Å²) in [6.07, 6.45) is 1.91. The number of anilines is 1. The maximum absolute atomic E-state index is 6.02. The molecular formula is C21H26IN5O. The molecule has 0 atom stereocenters. The highest BCUT2D eigenvalue weighted by molar-refractivity contribution is 14.0. The quantitative estimate of drug-likeness (QED) is 0.302. The molecule has 0 fully saturated rings. The van der Waals surface area contributed by atoms with Crippen molar-refractivity contribution in [3.63, 3.8) is 0 Å². The third kappa shape index (κ3) is 5.72. The van der Waals surface area contributed by atoms with Gasteiger partial charge in [0.25, 0.3) is 0 Å². The average Bonchev–Trinajstić information content (AvgIpc) is 3.16. The molecule has 1 heterocycles. The first-order valence-electron chi connectivity index (χ1n) is 8.91. The van der Waals surface area contributed by atoms with Gasteiger partial charge >= 0.3 is 0 Å². The standard InChI is InChI=1S/C21H25N5O.HI/c1-15(2)16-5-4-6-17(13-16)24-21(22)23-14-18-11-12-26(25-18)19-7-9-20(27-3)10-8-19;/h4-13,15H,14H2,1-3H3,(H3,22,23,24);1H. The molecule has 3 rings (SSSR count). The fourth-order valence-corrected chi connectivity index (χ4v) is 2.65. The lowest BCUT2D eigenvalue weighted by Crippen LogP contribution is -2.22. The first kappa shape index (κ1) is 21.7. The SMILES string of the molecule is COc1ccc(-n2ccc(CN=C(N)Nc3cccc(C(C)C)c3)n2)cc1.I. The van der Waals surface area contributed by atoms with E-state index in [9.17, 15) is 0 Å². The molecule has 7 heteroatoms. The summed E-state index contributed by atoms with van der Waals surface area (Å²) in [5, 5.41) is 7.68. The van der Waals surface area contributed by atoms with Crippen LogP contribution in [-0.2, 0) is 6.54 Å². The lowest BCUT2D eigenvalue weighted by atomic mass is 10.0. The predicted molar refractivity (Wildman–Crippen MR) is 125 cm³/mol. The number of halogens is 1. The van der Waals surface area contributed by atoms with Crippen LogP contribution < -0.4 is 15.8 Å². The molecule has 2 aromatic carbocycles. The first-order chi connectivity index (χ1) is 13.0. The van der Waals surface area contributed by atoms with E-state index in [2.05, 4.69) is 41.4 Å². The Balaban J connectivity index is 0.00000280. The van der Waals surface area contributed by atoms with E-state index < -0.39 is 0 Å². The number of guanidine groups is 1. The number of rotatable bonds is 6. The number of ether oxygens (including phenoxy) is 1. The van der Waals surface area contributed by atoms with Crippen molar-refractivity contribution in [2.24, 2.45) is 10.7 Å². The Morgan fingerprint density at radius 3 is 2.61 bits per heavy atom. The van der Waals surface area contributed by atoms with E-state index in [0.29, 0.717) is 18.4 Å². The van der Waals surface area contributed by atoms with Crippen LogP contribution in [-0.4, -0.2) is 22.8 Å². The summed E-state index contributed by atoms with van der Waals surface area (Å²) in [4.78, 5) is 4.39. The number of hydrogen-bond acceptors (Lipinski definition) is 3. The van der Waals surface area contributed by atoms with Gasteiger partial charge < -0.3 is 15.8 Å². The Bertz CT molecular complexity index is 919. The highest BCUT2D eigenvalue weighted by Crippen LogP contribution is 2.18. The van der Waals surface area contributed by atoms with Crippen LogP contribution in [0, 0.1) is 0 Å². The number of methoxy groups -OCH3 is 1. The van der Waals surface area contributed by atoms with Crippen molar-refractivity contribution in [1.29, 1.82) is 0 Å². The number of benzene rings is 2. The third-order valence-electron chi connectivity index (χ3n) is 4.22. The topological polar surface area (TPSA) is 77.5 Å². The van der Waals surface area contributed by atoms with Gasteiger partial charge in [0, 0.05) is 11.9 Å². The van der Waals surface area contributed by atoms with Gasteiger partial charge in [-0.2, -0.15) is 5.10 Å². The van der Waals surface area contributed by atoms with Crippen LogP contribution >= 0.6 is 24.0 Å². The number of nitrogens with zero attached hydrogens (tertiary/aromatic N) is 3. The molecule has 3 N–H and O–H groups in total. The van der Waals surface area contributed by atoms with E-state index in [1.165, 1.54) is 5.56 Å². The minimum atomic E-state index is 0. The Kier molecular flexibility index (Phi) is 7.86. The van der Waals surface area contributed by atoms with E-state index in [4.69, 9.17) is 10.5 Å². The lowest BCUT2D eigenvalue weighted by Gasteiger charge is -2.09. The number of hydrogen-bond donors (Lipinski definition) is 2. The van der Waals surface area contributed by atoms with Crippen molar-refractivity contribution in [2.45, 2.75) is 26.3 Å². The van der Waals surface area contributed by atoms with Crippen LogP contribution in [0.1, 0.15) is 31.0 Å². The fraction of sp³-hybridized carbons (Fsp3) is 0.238. The molecule has 0 bridgehead atoms. The number of aliphatic imine (C=N–C) groups is 1. The number of aromatic nitrogens is 2. The van der Waals surface area contributed by atoms with Gasteiger partial charge in [0.2, 0.25) is 0 Å². The zero-order valence-electron chi connectivity index (χ0n) is 16.3. The molecule has 1 aromatic heterocycles. The average molecular weight is 491 g/mol. The van der Waals surface area contributed by atoms with Crippen LogP contribution in [0.3, 0.4) is 0 Å². The molecule has 0 aliphatic rings. The van der Waals surface area contributed by atoms with E-state index in [0.717, 1.165) is 22.8 Å². The van der Waals surface area contributed by atoms with Crippen LogP contribution in [0.15, 0.2) is 65.8 Å². The summed E-state index contributed by atoms with van der Waals surface area (Å²) in [6.45, 7) is 4.73. The number of nitrogens with one attached hydrogen (secondary N) is 1. The van der Waals surface area contributed by atoms with Crippen molar-refractivity contribution in [2.75, 3.05) is 12.4 Å². The lowest BCUT2D eigenvalue weighted by molar-refractivity contribution is 0.414. The van der Waals surface area contributed by atoms with Gasteiger partial charge in [0.15, 0.2) is 5.96 Å². The molecular weight excluding hydrogens is 465 g/mol. The second kappa shape index (κ2) is 10.1. The summed E-state index contributed by atoms with van der Waals surface area (Å²) < 4.78 is 6.98. The molecule has 0 aliphatic heterocycles. The van der Waals surface area contributed by atoms with Crippen molar-refractivity contribution >= 4 is 35.6 Å². The molecule has 6 nitrogen and oxygen atoms in total. The van der Waals surface area contributed by atoms with Crippen molar-refractivity contribution in [1.82, 2.24) is 9.78 Å². The smallest absolute Gasteiger partial charge is 0.193 e. The predicted octanol–water partition coefficient (Wildman–Crippen LogP) is 4.55. The minimum Gasteiger partial charge on any atom is -0.497 e. The molecule has 28 heavy (non-hydrogen) atoms. The Hall–Kier alpha value is -2.55. The summed E-state index contributed by atoms with van der Waals surface area (Å²) in [6, 6.07) is 17.8. The maximum Gasteiger partial charge on any atom is 0.193 e. The zero-order chi connectivity index (χ0) is 19.2. The Morgan fingerprint density at radius 2 is 1.93 bits per heavy atom. The van der Waals surface area contributed by atoms with Gasteiger partial charge in [-0.25, -0.2) is 9.67 Å². The van der Waals surface area contributed by atoms with Crippen LogP contribution in [0.25, 0.3) is 5.69 Å². The zero-order valence-corrected chi connectivity index (χ0v) is 18.6. The molecule has 0 radical (unpaired) electrons. The van der Waals surface area contributed by atoms with Gasteiger partial charge in [-0.05, 0) is 53.9 Å². The van der Waals surface area contributed by atoms with E-state index in [1.807, 2.05) is 48.7 Å². The third-order valence-corrected chi connectivity index (χ3v) is 4.22. The van der Waals surface area contributed by atoms with E-state index in [1.54, 1.807) is 11.8 Å². The molecule has 0 aliphatic carbocycles.